The van der Waals surface area contributed by atoms with E-state index in [1.165, 1.54) is 25.1 Å². The van der Waals surface area contributed by atoms with Crippen LogP contribution in [0.25, 0.3) is 0 Å². The van der Waals surface area contributed by atoms with Crippen LogP contribution in [0.3, 0.4) is 0 Å². The van der Waals surface area contributed by atoms with Crippen molar-refractivity contribution in [1.29, 1.82) is 0 Å². The van der Waals surface area contributed by atoms with Crippen molar-refractivity contribution in [3.8, 4) is 0 Å². The molecule has 1 saturated heterocycles. The first kappa shape index (κ1) is 7.80. The van der Waals surface area contributed by atoms with E-state index < -0.39 is 0 Å². The Balaban J connectivity index is 1.98. The van der Waals surface area contributed by atoms with Gasteiger partial charge in [0.2, 0.25) is 0 Å². The van der Waals surface area contributed by atoms with Crippen molar-refractivity contribution in [2.75, 3.05) is 6.54 Å². The number of hydrogen-bond acceptors (Lipinski definition) is 2. The maximum absolute atomic E-state index is 4.10. The minimum absolute atomic E-state index is 0.681. The van der Waals surface area contributed by atoms with Gasteiger partial charge in [-0.2, -0.15) is 0 Å². The quantitative estimate of drug-likeness (QED) is 0.699. The Bertz CT molecular complexity index is 248. The van der Waals surface area contributed by atoms with Crippen molar-refractivity contribution >= 4 is 0 Å². The summed E-state index contributed by atoms with van der Waals surface area (Å²) >= 11 is 0. The van der Waals surface area contributed by atoms with Gasteiger partial charge in [0, 0.05) is 31.4 Å². The van der Waals surface area contributed by atoms with Gasteiger partial charge in [-0.15, -0.1) is 0 Å². The third kappa shape index (κ3) is 1.50. The Hall–Kier alpha value is -0.830. The van der Waals surface area contributed by atoms with Gasteiger partial charge in [0.1, 0.15) is 0 Å². The summed E-state index contributed by atoms with van der Waals surface area (Å²) in [6.45, 7) is 1.18. The normalized spacial score (nSPS) is 23.2. The van der Waals surface area contributed by atoms with E-state index >= 15 is 0 Å². The fourth-order valence-corrected chi connectivity index (χ4v) is 1.76. The zero-order chi connectivity index (χ0) is 8.39. The highest BCUT2D eigenvalue weighted by molar-refractivity contribution is 5.01. The predicted molar refractivity (Wildman–Crippen MR) is 47.9 cm³/mol. The van der Waals surface area contributed by atoms with Crippen molar-refractivity contribution in [3.05, 3.63) is 18.2 Å². The van der Waals surface area contributed by atoms with Gasteiger partial charge < -0.3 is 9.88 Å². The van der Waals surface area contributed by atoms with E-state index in [2.05, 4.69) is 21.9 Å². The van der Waals surface area contributed by atoms with E-state index in [9.17, 15) is 0 Å². The van der Waals surface area contributed by atoms with Crippen LogP contribution >= 0.6 is 0 Å². The van der Waals surface area contributed by atoms with Gasteiger partial charge in [-0.25, -0.2) is 4.98 Å². The van der Waals surface area contributed by atoms with Crippen LogP contribution in [0.15, 0.2) is 12.5 Å². The molecule has 0 saturated carbocycles. The average Bonchev–Trinajstić information content (AvgIpc) is 2.65. The van der Waals surface area contributed by atoms with Crippen molar-refractivity contribution in [2.45, 2.75) is 25.3 Å². The Morgan fingerprint density at radius 3 is 3.25 bits per heavy atom. The molecule has 2 heterocycles. The number of rotatable bonds is 2. The molecule has 3 heteroatoms. The minimum atomic E-state index is 0.681. The maximum Gasteiger partial charge on any atom is 0.0945 e. The standard InChI is InChI=1S/C9H15N3/c1-12-7-10-6-9(12)5-8-3-2-4-11-8/h6-8,11H,2-5H2,1H3. The Morgan fingerprint density at radius 1 is 1.75 bits per heavy atom. The molecule has 0 aromatic carbocycles. The van der Waals surface area contributed by atoms with Gasteiger partial charge in [0.15, 0.2) is 0 Å². The van der Waals surface area contributed by atoms with E-state index in [1.807, 2.05) is 12.5 Å². The second kappa shape index (κ2) is 3.27. The number of imidazole rings is 1. The van der Waals surface area contributed by atoms with Gasteiger partial charge in [0.05, 0.1) is 6.33 Å². The zero-order valence-electron chi connectivity index (χ0n) is 7.45. The van der Waals surface area contributed by atoms with Crippen LogP contribution in [0.5, 0.6) is 0 Å². The molecular weight excluding hydrogens is 150 g/mol. The molecule has 2 rings (SSSR count). The molecular formula is C9H15N3. The second-order valence-electron chi connectivity index (χ2n) is 3.49. The molecule has 1 aromatic heterocycles. The van der Waals surface area contributed by atoms with Crippen LogP contribution in [0.2, 0.25) is 0 Å². The molecule has 12 heavy (non-hydrogen) atoms. The van der Waals surface area contributed by atoms with Crippen LogP contribution in [0.1, 0.15) is 18.5 Å². The number of hydrogen-bond donors (Lipinski definition) is 1. The van der Waals surface area contributed by atoms with Crippen LogP contribution in [0, 0.1) is 0 Å². The first-order valence-electron chi connectivity index (χ1n) is 4.55. The molecule has 1 aliphatic heterocycles. The lowest BCUT2D eigenvalue weighted by molar-refractivity contribution is 0.583. The van der Waals surface area contributed by atoms with Gasteiger partial charge >= 0.3 is 0 Å². The third-order valence-electron chi connectivity index (χ3n) is 2.53. The average molecular weight is 165 g/mol. The summed E-state index contributed by atoms with van der Waals surface area (Å²) < 4.78 is 2.10. The maximum atomic E-state index is 4.10. The van der Waals surface area contributed by atoms with Crippen molar-refractivity contribution in [1.82, 2.24) is 14.9 Å². The van der Waals surface area contributed by atoms with Crippen molar-refractivity contribution < 1.29 is 0 Å². The van der Waals surface area contributed by atoms with Crippen LogP contribution < -0.4 is 5.32 Å². The van der Waals surface area contributed by atoms with E-state index in [0.717, 1.165) is 6.42 Å². The van der Waals surface area contributed by atoms with Gasteiger partial charge in [-0.1, -0.05) is 0 Å². The highest BCUT2D eigenvalue weighted by Crippen LogP contribution is 2.10. The second-order valence-corrected chi connectivity index (χ2v) is 3.49. The van der Waals surface area contributed by atoms with E-state index in [4.69, 9.17) is 0 Å². The molecule has 66 valence electrons. The smallest absolute Gasteiger partial charge is 0.0945 e. The largest absolute Gasteiger partial charge is 0.338 e. The van der Waals surface area contributed by atoms with Crippen LogP contribution in [-0.2, 0) is 13.5 Å². The Morgan fingerprint density at radius 2 is 2.67 bits per heavy atom. The summed E-state index contributed by atoms with van der Waals surface area (Å²) in [5, 5.41) is 3.48. The number of nitrogens with one attached hydrogen (secondary N) is 1. The minimum Gasteiger partial charge on any atom is -0.338 e. The molecule has 0 bridgehead atoms. The summed E-state index contributed by atoms with van der Waals surface area (Å²) in [6.07, 6.45) is 7.58. The van der Waals surface area contributed by atoms with E-state index in [1.54, 1.807) is 0 Å². The lowest BCUT2D eigenvalue weighted by Gasteiger charge is -2.09. The molecule has 1 aliphatic rings. The number of aromatic nitrogens is 2. The van der Waals surface area contributed by atoms with Crippen molar-refractivity contribution in [2.24, 2.45) is 7.05 Å². The molecule has 0 amide bonds. The molecule has 1 atom stereocenters. The van der Waals surface area contributed by atoms with Crippen LogP contribution in [-0.4, -0.2) is 22.1 Å². The molecule has 0 spiro atoms. The SMILES string of the molecule is Cn1cncc1CC1CCCN1. The third-order valence-corrected chi connectivity index (χ3v) is 2.53. The van der Waals surface area contributed by atoms with Crippen molar-refractivity contribution in [3.63, 3.8) is 0 Å². The van der Waals surface area contributed by atoms with Gasteiger partial charge in [-0.3, -0.25) is 0 Å². The fourth-order valence-electron chi connectivity index (χ4n) is 1.76. The molecule has 1 N–H and O–H groups in total. The summed E-state index contributed by atoms with van der Waals surface area (Å²) in [7, 11) is 2.05. The first-order chi connectivity index (χ1) is 5.86. The summed E-state index contributed by atoms with van der Waals surface area (Å²) in [4.78, 5) is 4.10. The molecule has 1 fully saturated rings. The zero-order valence-corrected chi connectivity index (χ0v) is 7.45. The summed E-state index contributed by atoms with van der Waals surface area (Å²) in [5.74, 6) is 0. The highest BCUT2D eigenvalue weighted by atomic mass is 15.0. The molecule has 1 unspecified atom stereocenters. The van der Waals surface area contributed by atoms with Crippen LogP contribution in [0.4, 0.5) is 0 Å². The summed E-state index contributed by atoms with van der Waals surface area (Å²) in [5.41, 5.74) is 1.33. The Kier molecular flexibility index (Phi) is 2.13. The number of aryl methyl sites for hydroxylation is 1. The highest BCUT2D eigenvalue weighted by Gasteiger charge is 2.15. The molecule has 1 aromatic rings. The topological polar surface area (TPSA) is 29.9 Å². The van der Waals surface area contributed by atoms with Gasteiger partial charge in [0.25, 0.3) is 0 Å². The predicted octanol–water partition coefficient (Wildman–Crippen LogP) is 0.715. The number of nitrogens with zero attached hydrogens (tertiary/aromatic N) is 2. The van der Waals surface area contributed by atoms with Gasteiger partial charge in [-0.05, 0) is 19.4 Å². The fraction of sp³-hybridized carbons (Fsp3) is 0.667. The molecule has 0 aliphatic carbocycles. The molecule has 0 radical (unpaired) electrons. The van der Waals surface area contributed by atoms with E-state index in [-0.39, 0.29) is 0 Å². The molecule has 3 nitrogen and oxygen atoms in total. The Labute approximate surface area is 72.8 Å². The monoisotopic (exact) mass is 165 g/mol. The lowest BCUT2D eigenvalue weighted by atomic mass is 10.1. The lowest BCUT2D eigenvalue weighted by Crippen LogP contribution is -2.24. The summed E-state index contributed by atoms with van der Waals surface area (Å²) in [6, 6.07) is 0.681. The van der Waals surface area contributed by atoms with E-state index in [0.29, 0.717) is 6.04 Å². The first-order valence-corrected chi connectivity index (χ1v) is 4.55.